The Bertz CT molecular complexity index is 566. The fraction of sp³-hybridized carbons (Fsp3) is 0.250. The molecule has 4 nitrogen and oxygen atoms in total. The van der Waals surface area contributed by atoms with Crippen molar-refractivity contribution in [2.24, 2.45) is 0 Å². The van der Waals surface area contributed by atoms with Gasteiger partial charge in [-0.15, -0.1) is 0 Å². The van der Waals surface area contributed by atoms with E-state index in [0.717, 1.165) is 22.5 Å². The van der Waals surface area contributed by atoms with Crippen LogP contribution in [0.2, 0.25) is 0 Å². The van der Waals surface area contributed by atoms with Crippen LogP contribution >= 0.6 is 0 Å². The number of nitrogens with one attached hydrogen (secondary N) is 1. The van der Waals surface area contributed by atoms with E-state index in [-0.39, 0.29) is 5.68 Å². The van der Waals surface area contributed by atoms with E-state index in [1.165, 1.54) is 0 Å². The third-order valence-electron chi connectivity index (χ3n) is 2.83. The number of aromatic nitrogens is 1. The fourth-order valence-corrected chi connectivity index (χ4v) is 1.67. The molecule has 0 radical (unpaired) electrons. The van der Waals surface area contributed by atoms with E-state index in [1.807, 2.05) is 36.6 Å². The molecule has 16 heavy (non-hydrogen) atoms. The Hall–Kier alpha value is -1.97. The first-order valence-electron chi connectivity index (χ1n) is 5.13. The van der Waals surface area contributed by atoms with E-state index in [2.05, 4.69) is 0 Å². The quantitative estimate of drug-likeness (QED) is 0.753. The summed E-state index contributed by atoms with van der Waals surface area (Å²) in [6.07, 6.45) is 1.59. The molecule has 3 N–H and O–H groups in total. The first kappa shape index (κ1) is 10.5. The van der Waals surface area contributed by atoms with Crippen LogP contribution in [-0.4, -0.2) is 4.57 Å². The van der Waals surface area contributed by atoms with Gasteiger partial charge in [-0.25, -0.2) is 0 Å². The second-order valence-corrected chi connectivity index (χ2v) is 3.90. The van der Waals surface area contributed by atoms with Gasteiger partial charge in [0.25, 0.3) is 5.68 Å². The zero-order chi connectivity index (χ0) is 11.7. The van der Waals surface area contributed by atoms with Crippen molar-refractivity contribution in [3.8, 4) is 0 Å². The van der Waals surface area contributed by atoms with E-state index in [4.69, 9.17) is 15.6 Å². The zero-order valence-electron chi connectivity index (χ0n) is 9.45. The molecule has 0 spiro atoms. The molecular formula is C12H15N3O. The van der Waals surface area contributed by atoms with Gasteiger partial charge in [0.1, 0.15) is 6.26 Å². The van der Waals surface area contributed by atoms with Gasteiger partial charge >= 0.3 is 0 Å². The zero-order valence-corrected chi connectivity index (χ0v) is 9.45. The van der Waals surface area contributed by atoms with Crippen LogP contribution in [-0.2, 0) is 6.54 Å². The molecule has 0 aliphatic rings. The van der Waals surface area contributed by atoms with Crippen molar-refractivity contribution in [1.29, 1.82) is 5.41 Å². The van der Waals surface area contributed by atoms with Crippen molar-refractivity contribution < 1.29 is 4.42 Å². The molecule has 4 heteroatoms. The summed E-state index contributed by atoms with van der Waals surface area (Å²) in [7, 11) is 0. The molecule has 84 valence electrons. The number of oxazole rings is 1. The lowest BCUT2D eigenvalue weighted by Gasteiger charge is -2.09. The maximum atomic E-state index is 7.63. The van der Waals surface area contributed by atoms with Crippen molar-refractivity contribution in [3.05, 3.63) is 47.0 Å². The molecule has 0 atom stereocenters. The van der Waals surface area contributed by atoms with Crippen LogP contribution in [0.4, 0.5) is 5.69 Å². The van der Waals surface area contributed by atoms with Crippen LogP contribution in [0.15, 0.2) is 28.9 Å². The minimum absolute atomic E-state index is 0.166. The smallest absolute Gasteiger partial charge is 0.294 e. The van der Waals surface area contributed by atoms with Crippen LogP contribution in [0.25, 0.3) is 0 Å². The molecule has 0 saturated heterocycles. The van der Waals surface area contributed by atoms with Gasteiger partial charge in [-0.3, -0.25) is 9.98 Å². The number of aryl methyl sites for hydroxylation is 1. The van der Waals surface area contributed by atoms with Crippen LogP contribution in [0.5, 0.6) is 0 Å². The number of nitrogen functional groups attached to an aromatic ring is 1. The van der Waals surface area contributed by atoms with Crippen LogP contribution in [0.3, 0.4) is 0 Å². The number of nitrogens with two attached hydrogens (primary N) is 1. The topological polar surface area (TPSA) is 67.9 Å². The van der Waals surface area contributed by atoms with Gasteiger partial charge in [0, 0.05) is 5.69 Å². The van der Waals surface area contributed by atoms with Gasteiger partial charge in [-0.2, -0.15) is 0 Å². The summed E-state index contributed by atoms with van der Waals surface area (Å²) >= 11 is 0. The van der Waals surface area contributed by atoms with E-state index in [1.54, 1.807) is 6.26 Å². The number of anilines is 1. The second kappa shape index (κ2) is 3.89. The average Bonchev–Trinajstić information content (AvgIpc) is 2.56. The summed E-state index contributed by atoms with van der Waals surface area (Å²) in [5, 5.41) is 7.63. The predicted molar refractivity (Wildman–Crippen MR) is 62.0 cm³/mol. The molecule has 1 heterocycles. The Morgan fingerprint density at radius 2 is 2.12 bits per heavy atom. The highest BCUT2D eigenvalue weighted by atomic mass is 16.3. The highest BCUT2D eigenvalue weighted by molar-refractivity contribution is 5.50. The van der Waals surface area contributed by atoms with E-state index >= 15 is 0 Å². The number of nitrogens with zero attached hydrogens (tertiary/aromatic N) is 1. The summed E-state index contributed by atoms with van der Waals surface area (Å²) in [5.74, 6) is 0. The summed E-state index contributed by atoms with van der Waals surface area (Å²) in [6, 6.07) is 5.83. The monoisotopic (exact) mass is 217 g/mol. The number of rotatable bonds is 2. The molecule has 0 bridgehead atoms. The fourth-order valence-electron chi connectivity index (χ4n) is 1.67. The first-order valence-corrected chi connectivity index (χ1v) is 5.13. The van der Waals surface area contributed by atoms with Gasteiger partial charge < -0.3 is 10.2 Å². The third-order valence-corrected chi connectivity index (χ3v) is 2.83. The lowest BCUT2D eigenvalue weighted by Crippen LogP contribution is -2.17. The maximum Gasteiger partial charge on any atom is 0.294 e. The molecule has 0 saturated carbocycles. The third kappa shape index (κ3) is 1.74. The lowest BCUT2D eigenvalue weighted by atomic mass is 10.1. The van der Waals surface area contributed by atoms with Crippen LogP contribution in [0.1, 0.15) is 16.8 Å². The molecular weight excluding hydrogens is 202 g/mol. The number of hydrogen-bond acceptors (Lipinski definition) is 3. The Morgan fingerprint density at radius 3 is 2.75 bits per heavy atom. The lowest BCUT2D eigenvalue weighted by molar-refractivity contribution is 0.458. The molecule has 2 aromatic rings. The minimum atomic E-state index is 0.166. The molecule has 0 aliphatic carbocycles. The van der Waals surface area contributed by atoms with Gasteiger partial charge in [-0.1, -0.05) is 12.1 Å². The Kier molecular flexibility index (Phi) is 2.56. The molecule has 2 rings (SSSR count). The number of hydrogen-bond donors (Lipinski definition) is 2. The van der Waals surface area contributed by atoms with Gasteiger partial charge in [-0.05, 0) is 31.0 Å². The minimum Gasteiger partial charge on any atom is -0.432 e. The van der Waals surface area contributed by atoms with Crippen LogP contribution in [0, 0.1) is 19.3 Å². The maximum absolute atomic E-state index is 7.63. The molecule has 0 aliphatic heterocycles. The highest BCUT2D eigenvalue weighted by Crippen LogP contribution is 2.16. The Balaban J connectivity index is 2.42. The molecule has 1 aromatic heterocycles. The van der Waals surface area contributed by atoms with Crippen molar-refractivity contribution in [1.82, 2.24) is 4.57 Å². The number of benzene rings is 1. The molecule has 0 amide bonds. The van der Waals surface area contributed by atoms with E-state index < -0.39 is 0 Å². The Morgan fingerprint density at radius 1 is 1.38 bits per heavy atom. The second-order valence-electron chi connectivity index (χ2n) is 3.90. The van der Waals surface area contributed by atoms with Gasteiger partial charge in [0.15, 0.2) is 0 Å². The SMILES string of the molecule is Cc1c(N)cccc1Cn1c(C)coc1=N. The molecule has 1 aromatic carbocycles. The standard InChI is InChI=1S/C12H15N3O/c1-8-7-16-12(14)15(8)6-10-4-3-5-11(13)9(10)2/h3-5,7,14H,6,13H2,1-2H3. The summed E-state index contributed by atoms with van der Waals surface area (Å²) in [4.78, 5) is 0. The van der Waals surface area contributed by atoms with Gasteiger partial charge in [0.05, 0.1) is 12.2 Å². The average molecular weight is 217 g/mol. The van der Waals surface area contributed by atoms with Crippen LogP contribution < -0.4 is 11.4 Å². The summed E-state index contributed by atoms with van der Waals surface area (Å²) < 4.78 is 6.84. The summed E-state index contributed by atoms with van der Waals surface area (Å²) in [5.41, 5.74) is 9.91. The van der Waals surface area contributed by atoms with Crippen molar-refractivity contribution in [2.75, 3.05) is 5.73 Å². The van der Waals surface area contributed by atoms with Crippen molar-refractivity contribution in [3.63, 3.8) is 0 Å². The van der Waals surface area contributed by atoms with Crippen molar-refractivity contribution in [2.45, 2.75) is 20.4 Å². The predicted octanol–water partition coefficient (Wildman–Crippen LogP) is 1.81. The first-order chi connectivity index (χ1) is 7.59. The summed E-state index contributed by atoms with van der Waals surface area (Å²) in [6.45, 7) is 4.53. The van der Waals surface area contributed by atoms with Gasteiger partial charge in [0.2, 0.25) is 0 Å². The largest absolute Gasteiger partial charge is 0.432 e. The van der Waals surface area contributed by atoms with E-state index in [9.17, 15) is 0 Å². The molecule has 0 fully saturated rings. The van der Waals surface area contributed by atoms with E-state index in [0.29, 0.717) is 6.54 Å². The van der Waals surface area contributed by atoms with Crippen molar-refractivity contribution >= 4 is 5.69 Å². The highest BCUT2D eigenvalue weighted by Gasteiger charge is 2.06. The molecule has 0 unspecified atom stereocenters. The Labute approximate surface area is 93.8 Å². The normalized spacial score (nSPS) is 10.6.